The van der Waals surface area contributed by atoms with Crippen LogP contribution in [0.5, 0.6) is 0 Å². The summed E-state index contributed by atoms with van der Waals surface area (Å²) in [5.74, 6) is -5.04. The van der Waals surface area contributed by atoms with E-state index in [4.69, 9.17) is 47.4 Å². The predicted molar refractivity (Wildman–Crippen MR) is 257 cm³/mol. The summed E-state index contributed by atoms with van der Waals surface area (Å²) >= 11 is 0. The topological polar surface area (TPSA) is 487 Å². The molecule has 30 heteroatoms. The maximum Gasteiger partial charge on any atom is 0.317 e. The van der Waals surface area contributed by atoms with Gasteiger partial charge in [-0.3, -0.25) is 14.4 Å². The van der Waals surface area contributed by atoms with Crippen molar-refractivity contribution in [1.82, 2.24) is 0 Å². The van der Waals surface area contributed by atoms with Crippen molar-refractivity contribution in [3.05, 3.63) is 0 Å². The number of esters is 2. The van der Waals surface area contributed by atoms with Crippen LogP contribution >= 0.6 is 0 Å². The third kappa shape index (κ3) is 14.1. The summed E-state index contributed by atoms with van der Waals surface area (Å²) < 4.78 is 57.9. The van der Waals surface area contributed by atoms with E-state index in [1.807, 2.05) is 0 Å². The van der Waals surface area contributed by atoms with Crippen molar-refractivity contribution in [2.75, 3.05) is 19.8 Å². The number of carbonyl (C=O) groups excluding carboxylic acids is 3. The fourth-order valence-electron chi connectivity index (χ4n) is 13.3. The number of aliphatic hydroxyl groups is 17. The predicted octanol–water partition coefficient (Wildman–Crippen LogP) is -8.53. The van der Waals surface area contributed by atoms with E-state index in [1.54, 1.807) is 0 Å². The molecule has 81 heavy (non-hydrogen) atoms. The number of fused-ring (bicyclic) bond motifs is 2. The van der Waals surface area contributed by atoms with Crippen LogP contribution in [0, 0.1) is 23.7 Å². The molecule has 0 aromatic rings. The van der Waals surface area contributed by atoms with Crippen molar-refractivity contribution < 1.29 is 149 Å². The lowest BCUT2D eigenvalue weighted by Gasteiger charge is -2.51. The van der Waals surface area contributed by atoms with Gasteiger partial charge in [0.2, 0.25) is 0 Å². The average Bonchev–Trinajstić information content (AvgIpc) is 3.60. The molecule has 9 fully saturated rings. The van der Waals surface area contributed by atoms with Gasteiger partial charge in [-0.05, 0) is 63.2 Å². The van der Waals surface area contributed by atoms with E-state index in [0.717, 1.165) is 0 Å². The summed E-state index contributed by atoms with van der Waals surface area (Å²) in [7, 11) is 0. The summed E-state index contributed by atoms with van der Waals surface area (Å²) in [5.41, 5.74) is 0. The normalized spacial score (nSPS) is 51.6. The minimum atomic E-state index is -2.00. The molecule has 0 radical (unpaired) electrons. The van der Waals surface area contributed by atoms with Gasteiger partial charge in [-0.15, -0.1) is 0 Å². The molecule has 5 aliphatic heterocycles. The van der Waals surface area contributed by atoms with Gasteiger partial charge < -0.3 is 134 Å². The lowest BCUT2D eigenvalue weighted by molar-refractivity contribution is -0.347. The minimum absolute atomic E-state index is 0.0151. The first-order chi connectivity index (χ1) is 38.4. The molecule has 464 valence electrons. The summed E-state index contributed by atoms with van der Waals surface area (Å²) in [5, 5.41) is 181. The highest BCUT2D eigenvalue weighted by molar-refractivity contribution is 5.91. The first-order valence-corrected chi connectivity index (χ1v) is 28.0. The highest BCUT2D eigenvalue weighted by Crippen LogP contribution is 2.45. The zero-order valence-corrected chi connectivity index (χ0v) is 44.1. The molecule has 9 rings (SSSR count). The van der Waals surface area contributed by atoms with Gasteiger partial charge >= 0.3 is 11.9 Å². The Kier molecular flexibility index (Phi) is 20.8. The Balaban J connectivity index is 0.743. The van der Waals surface area contributed by atoms with Gasteiger partial charge in [0.1, 0.15) is 105 Å². The van der Waals surface area contributed by atoms with Crippen LogP contribution in [-0.4, -0.2) is 302 Å². The molecule has 5 heterocycles. The van der Waals surface area contributed by atoms with Gasteiger partial charge in [0, 0.05) is 25.2 Å². The van der Waals surface area contributed by atoms with Crippen molar-refractivity contribution in [1.29, 1.82) is 0 Å². The Hall–Kier alpha value is -2.39. The molecule has 17 N–H and O–H groups in total. The zero-order chi connectivity index (χ0) is 58.5. The maximum atomic E-state index is 13.2. The zero-order valence-electron chi connectivity index (χ0n) is 44.1. The van der Waals surface area contributed by atoms with Crippen LogP contribution in [-0.2, 0) is 61.8 Å². The standard InChI is InChI=1S/C51H80O30/c52-18-6-22(54)20-10-31(48(77-29(20)7-18)17-4-26(58)38(62)27(59)5-17)78-51-47(71)44(68)41(65)34(81-51)15-74-49-45(69)42(66)39(63)32(79-49)13-72-35(60)12-36(61)73-14-33-40(64)43(67)46(70)50(80-33)75-19-8-24(56)37-25(57)11-28(76-30(37)9-19)16-1-2-21(53)23(55)3-16/h16-24,26-34,37-56,58-59,62-71H,1-15H2. The molecular formula is C51H80O30. The molecular weight excluding hydrogens is 1090 g/mol. The number of ether oxygens (including phenoxy) is 10. The van der Waals surface area contributed by atoms with Crippen molar-refractivity contribution in [3.63, 3.8) is 0 Å². The number of ketones is 1. The van der Waals surface area contributed by atoms with Crippen LogP contribution in [0.4, 0.5) is 0 Å². The first-order valence-electron chi connectivity index (χ1n) is 28.0. The molecule has 0 amide bonds. The highest BCUT2D eigenvalue weighted by atomic mass is 16.7. The number of hydrogen-bond donors (Lipinski definition) is 17. The molecule has 31 atom stereocenters. The SMILES string of the molecule is O=C(CC(=O)OCC1OC(OC2CC(O)C3C(=O)CC(C4CCC(O)C(O)C4)OC3C2)C(O)C(O)C1O)OCC1OC(OCC2OC(OC3CC4C(O)CC(O)CC4OC3C3CC(O)C(O)C(O)C3)C(O)C(O)C2O)C(O)C(O)C1O. The molecule has 0 bridgehead atoms. The third-order valence-electron chi connectivity index (χ3n) is 18.0. The van der Waals surface area contributed by atoms with Gasteiger partial charge in [0.15, 0.2) is 18.9 Å². The molecule has 31 unspecified atom stereocenters. The Morgan fingerprint density at radius 3 is 1.57 bits per heavy atom. The van der Waals surface area contributed by atoms with E-state index in [-0.39, 0.29) is 69.5 Å². The van der Waals surface area contributed by atoms with Crippen LogP contribution in [0.3, 0.4) is 0 Å². The smallest absolute Gasteiger partial charge is 0.317 e. The van der Waals surface area contributed by atoms with Crippen LogP contribution in [0.25, 0.3) is 0 Å². The lowest BCUT2D eigenvalue weighted by Crippen LogP contribution is -2.63. The summed E-state index contributed by atoms with van der Waals surface area (Å²) in [6.07, 6.45) is -41.1. The second-order valence-corrected chi connectivity index (χ2v) is 23.6. The number of rotatable bonds is 15. The summed E-state index contributed by atoms with van der Waals surface area (Å²) in [6.45, 7) is -2.39. The Labute approximate surface area is 463 Å². The van der Waals surface area contributed by atoms with Crippen LogP contribution in [0.15, 0.2) is 0 Å². The van der Waals surface area contributed by atoms with Gasteiger partial charge in [0.25, 0.3) is 0 Å². The van der Waals surface area contributed by atoms with Gasteiger partial charge in [-0.1, -0.05) is 0 Å². The summed E-state index contributed by atoms with van der Waals surface area (Å²) in [4.78, 5) is 38.9. The van der Waals surface area contributed by atoms with E-state index in [0.29, 0.717) is 12.8 Å². The van der Waals surface area contributed by atoms with Crippen LogP contribution in [0.2, 0.25) is 0 Å². The quantitative estimate of drug-likeness (QED) is 0.0535. The van der Waals surface area contributed by atoms with Crippen molar-refractivity contribution in [3.8, 4) is 0 Å². The molecule has 0 aromatic carbocycles. The Bertz CT molecular complexity index is 2080. The van der Waals surface area contributed by atoms with Crippen molar-refractivity contribution >= 4 is 17.7 Å². The minimum Gasteiger partial charge on any atom is -0.462 e. The maximum absolute atomic E-state index is 13.2. The largest absolute Gasteiger partial charge is 0.462 e. The van der Waals surface area contributed by atoms with Gasteiger partial charge in [-0.25, -0.2) is 0 Å². The van der Waals surface area contributed by atoms with Crippen LogP contribution in [0.1, 0.15) is 77.0 Å². The highest BCUT2D eigenvalue weighted by Gasteiger charge is 2.55. The van der Waals surface area contributed by atoms with Crippen molar-refractivity contribution in [2.45, 2.75) is 255 Å². The molecule has 0 aromatic heterocycles. The van der Waals surface area contributed by atoms with E-state index >= 15 is 0 Å². The average molecular weight is 1170 g/mol. The number of carbonyl (C=O) groups is 3. The van der Waals surface area contributed by atoms with E-state index < -0.39 is 234 Å². The molecule has 9 aliphatic rings. The van der Waals surface area contributed by atoms with Crippen LogP contribution < -0.4 is 0 Å². The van der Waals surface area contributed by atoms with Gasteiger partial charge in [-0.2, -0.15) is 0 Å². The Morgan fingerprint density at radius 2 is 0.975 bits per heavy atom. The summed E-state index contributed by atoms with van der Waals surface area (Å²) in [6, 6.07) is 0. The van der Waals surface area contributed by atoms with Crippen molar-refractivity contribution in [2.24, 2.45) is 23.7 Å². The second kappa shape index (κ2) is 26.7. The fraction of sp³-hybridized carbons (Fsp3) is 0.941. The number of Topliss-reactive ketones (excluding diaryl/α,β-unsaturated/α-hetero) is 1. The number of aliphatic hydroxyl groups excluding tert-OH is 17. The van der Waals surface area contributed by atoms with Gasteiger partial charge in [0.05, 0.1) is 91.9 Å². The second-order valence-electron chi connectivity index (χ2n) is 23.6. The number of hydrogen-bond acceptors (Lipinski definition) is 30. The first kappa shape index (κ1) is 63.1. The molecule has 4 saturated carbocycles. The van der Waals surface area contributed by atoms with E-state index in [1.165, 1.54) is 0 Å². The Morgan fingerprint density at radius 1 is 0.432 bits per heavy atom. The van der Waals surface area contributed by atoms with E-state index in [2.05, 4.69) is 0 Å². The monoisotopic (exact) mass is 1170 g/mol. The lowest BCUT2D eigenvalue weighted by atomic mass is 9.72. The fourth-order valence-corrected chi connectivity index (χ4v) is 13.3. The molecule has 4 aliphatic carbocycles. The third-order valence-corrected chi connectivity index (χ3v) is 18.0. The van der Waals surface area contributed by atoms with E-state index in [9.17, 15) is 101 Å². The molecule has 30 nitrogen and oxygen atoms in total. The molecule has 0 spiro atoms. The molecule has 5 saturated heterocycles.